The highest BCUT2D eigenvalue weighted by Gasteiger charge is 2.25. The first-order valence-corrected chi connectivity index (χ1v) is 9.30. The zero-order chi connectivity index (χ0) is 17.7. The number of carbonyl (C=O) groups excluding carboxylic acids is 1. The van der Waals surface area contributed by atoms with E-state index in [4.69, 9.17) is 4.74 Å². The Morgan fingerprint density at radius 1 is 1.12 bits per heavy atom. The fraction of sp³-hybridized carbons (Fsp3) is 0.188. The molecule has 2 rings (SSSR count). The molecule has 0 aliphatic carbocycles. The lowest BCUT2D eigenvalue weighted by molar-refractivity contribution is -0.125. The standard InChI is InChI=1S/C16H17BrN2O4S/c1-12(23-15-10-8-13(17)9-11-15)16(20)18-24(21,22)19(2)14-6-4-3-5-7-14/h3-12H,1-2H3,(H,18,20)/t12-/m0/s1. The smallest absolute Gasteiger partial charge is 0.326 e. The van der Waals surface area contributed by atoms with Gasteiger partial charge in [-0.3, -0.25) is 9.10 Å². The Hall–Kier alpha value is -2.06. The fourth-order valence-corrected chi connectivity index (χ4v) is 3.05. The summed E-state index contributed by atoms with van der Waals surface area (Å²) in [6, 6.07) is 15.3. The van der Waals surface area contributed by atoms with E-state index in [9.17, 15) is 13.2 Å². The summed E-state index contributed by atoms with van der Waals surface area (Å²) in [5.41, 5.74) is 0.444. The molecule has 0 bridgehead atoms. The van der Waals surface area contributed by atoms with E-state index in [0.717, 1.165) is 8.78 Å². The summed E-state index contributed by atoms with van der Waals surface area (Å²) in [5, 5.41) is 0. The summed E-state index contributed by atoms with van der Waals surface area (Å²) < 4.78 is 33.9. The van der Waals surface area contributed by atoms with Gasteiger partial charge < -0.3 is 4.74 Å². The predicted molar refractivity (Wildman–Crippen MR) is 96.1 cm³/mol. The SMILES string of the molecule is C[C@H](Oc1ccc(Br)cc1)C(=O)NS(=O)(=O)N(C)c1ccccc1. The maximum Gasteiger partial charge on any atom is 0.326 e. The summed E-state index contributed by atoms with van der Waals surface area (Å²) in [7, 11) is -2.64. The number of hydrogen-bond donors (Lipinski definition) is 1. The van der Waals surface area contributed by atoms with Crippen LogP contribution in [0.5, 0.6) is 5.75 Å². The van der Waals surface area contributed by atoms with E-state index in [2.05, 4.69) is 15.9 Å². The van der Waals surface area contributed by atoms with Gasteiger partial charge in [0.15, 0.2) is 6.10 Å². The normalized spacial score (nSPS) is 12.3. The lowest BCUT2D eigenvalue weighted by Crippen LogP contribution is -2.46. The molecule has 6 nitrogen and oxygen atoms in total. The molecule has 128 valence electrons. The van der Waals surface area contributed by atoms with E-state index in [1.165, 1.54) is 14.0 Å². The number of benzene rings is 2. The van der Waals surface area contributed by atoms with Crippen molar-refractivity contribution in [3.63, 3.8) is 0 Å². The molecular weight excluding hydrogens is 396 g/mol. The van der Waals surface area contributed by atoms with Gasteiger partial charge in [-0.15, -0.1) is 0 Å². The molecule has 8 heteroatoms. The van der Waals surface area contributed by atoms with E-state index in [1.807, 2.05) is 4.72 Å². The molecule has 0 unspecified atom stereocenters. The molecular formula is C16H17BrN2O4S. The van der Waals surface area contributed by atoms with Crippen molar-refractivity contribution < 1.29 is 17.9 Å². The molecule has 2 aromatic rings. The Balaban J connectivity index is 2.03. The summed E-state index contributed by atoms with van der Waals surface area (Å²) in [4.78, 5) is 12.1. The molecule has 2 aromatic carbocycles. The van der Waals surface area contributed by atoms with Gasteiger partial charge in [-0.1, -0.05) is 34.1 Å². The van der Waals surface area contributed by atoms with E-state index in [-0.39, 0.29) is 0 Å². The largest absolute Gasteiger partial charge is 0.481 e. The monoisotopic (exact) mass is 412 g/mol. The summed E-state index contributed by atoms with van der Waals surface area (Å²) in [5.74, 6) is -0.282. The number of nitrogens with one attached hydrogen (secondary N) is 1. The van der Waals surface area contributed by atoms with Crippen molar-refractivity contribution in [2.75, 3.05) is 11.4 Å². The highest BCUT2D eigenvalue weighted by atomic mass is 79.9. The molecule has 1 N–H and O–H groups in total. The van der Waals surface area contributed by atoms with Crippen molar-refractivity contribution in [1.82, 2.24) is 4.72 Å². The van der Waals surface area contributed by atoms with Crippen molar-refractivity contribution >= 4 is 37.7 Å². The summed E-state index contributed by atoms with van der Waals surface area (Å²) >= 11 is 3.30. The number of amides is 1. The van der Waals surface area contributed by atoms with Gasteiger partial charge in [0.05, 0.1) is 5.69 Å². The Morgan fingerprint density at radius 2 is 1.71 bits per heavy atom. The van der Waals surface area contributed by atoms with Gasteiger partial charge in [0.1, 0.15) is 5.75 Å². The average Bonchev–Trinajstić information content (AvgIpc) is 2.56. The Labute approximate surface area is 149 Å². The minimum absolute atomic E-state index is 0.444. The maximum absolute atomic E-state index is 12.3. The van der Waals surface area contributed by atoms with Gasteiger partial charge in [0.25, 0.3) is 5.91 Å². The molecule has 0 aliphatic rings. The highest BCUT2D eigenvalue weighted by Crippen LogP contribution is 2.18. The molecule has 0 aromatic heterocycles. The Kier molecular flexibility index (Phi) is 5.84. The van der Waals surface area contributed by atoms with Crippen molar-refractivity contribution in [3.05, 3.63) is 59.1 Å². The van der Waals surface area contributed by atoms with Crippen LogP contribution in [-0.4, -0.2) is 27.5 Å². The molecule has 1 atom stereocenters. The van der Waals surface area contributed by atoms with Crippen LogP contribution in [0.25, 0.3) is 0 Å². The maximum atomic E-state index is 12.3. The summed E-state index contributed by atoms with van der Waals surface area (Å²) in [6.45, 7) is 1.48. The minimum Gasteiger partial charge on any atom is -0.481 e. The second kappa shape index (κ2) is 7.67. The van der Waals surface area contributed by atoms with Gasteiger partial charge in [-0.05, 0) is 43.3 Å². The third-order valence-corrected chi connectivity index (χ3v) is 5.13. The lowest BCUT2D eigenvalue weighted by atomic mass is 10.3. The number of ether oxygens (including phenoxy) is 1. The number of anilines is 1. The van der Waals surface area contributed by atoms with Crippen molar-refractivity contribution in [2.45, 2.75) is 13.0 Å². The van der Waals surface area contributed by atoms with E-state index in [1.54, 1.807) is 54.6 Å². The topological polar surface area (TPSA) is 75.7 Å². The number of halogens is 1. The van der Waals surface area contributed by atoms with Crippen LogP contribution in [0.15, 0.2) is 59.1 Å². The van der Waals surface area contributed by atoms with Crippen molar-refractivity contribution in [2.24, 2.45) is 0 Å². The van der Waals surface area contributed by atoms with Crippen LogP contribution >= 0.6 is 15.9 Å². The molecule has 0 saturated carbocycles. The number of para-hydroxylation sites is 1. The molecule has 0 radical (unpaired) electrons. The van der Waals surface area contributed by atoms with E-state index >= 15 is 0 Å². The van der Waals surface area contributed by atoms with Gasteiger partial charge in [-0.2, -0.15) is 8.42 Å². The van der Waals surface area contributed by atoms with Crippen molar-refractivity contribution in [3.8, 4) is 5.75 Å². The highest BCUT2D eigenvalue weighted by molar-refractivity contribution is 9.10. The van der Waals surface area contributed by atoms with Crippen LogP contribution in [-0.2, 0) is 15.0 Å². The van der Waals surface area contributed by atoms with Crippen LogP contribution in [0, 0.1) is 0 Å². The zero-order valence-electron chi connectivity index (χ0n) is 13.1. The van der Waals surface area contributed by atoms with E-state index in [0.29, 0.717) is 11.4 Å². The first kappa shape index (κ1) is 18.3. The number of carbonyl (C=O) groups is 1. The molecule has 24 heavy (non-hydrogen) atoms. The average molecular weight is 413 g/mol. The molecule has 0 fully saturated rings. The van der Waals surface area contributed by atoms with Crippen LogP contribution in [0.3, 0.4) is 0 Å². The second-order valence-electron chi connectivity index (χ2n) is 4.99. The molecule has 0 spiro atoms. The number of hydrogen-bond acceptors (Lipinski definition) is 4. The zero-order valence-corrected chi connectivity index (χ0v) is 15.5. The molecule has 0 aliphatic heterocycles. The van der Waals surface area contributed by atoms with Gasteiger partial charge in [-0.25, -0.2) is 4.72 Å². The third kappa shape index (κ3) is 4.72. The van der Waals surface area contributed by atoms with Crippen LogP contribution < -0.4 is 13.8 Å². The number of rotatable bonds is 6. The first-order chi connectivity index (χ1) is 11.3. The van der Waals surface area contributed by atoms with Crippen LogP contribution in [0.2, 0.25) is 0 Å². The lowest BCUT2D eigenvalue weighted by Gasteiger charge is -2.21. The number of nitrogens with zero attached hydrogens (tertiary/aromatic N) is 1. The quantitative estimate of drug-likeness (QED) is 0.790. The third-order valence-electron chi connectivity index (χ3n) is 3.21. The minimum atomic E-state index is -4.01. The molecule has 1 amide bonds. The first-order valence-electron chi connectivity index (χ1n) is 7.07. The van der Waals surface area contributed by atoms with E-state index < -0.39 is 22.2 Å². The molecule has 0 saturated heterocycles. The van der Waals surface area contributed by atoms with Gasteiger partial charge in [0, 0.05) is 11.5 Å². The van der Waals surface area contributed by atoms with Gasteiger partial charge in [0.2, 0.25) is 0 Å². The Morgan fingerprint density at radius 3 is 2.29 bits per heavy atom. The van der Waals surface area contributed by atoms with Crippen LogP contribution in [0.1, 0.15) is 6.92 Å². The predicted octanol–water partition coefficient (Wildman–Crippen LogP) is 2.71. The van der Waals surface area contributed by atoms with Crippen LogP contribution in [0.4, 0.5) is 5.69 Å². The van der Waals surface area contributed by atoms with Gasteiger partial charge >= 0.3 is 10.2 Å². The Bertz CT molecular complexity index is 795. The summed E-state index contributed by atoms with van der Waals surface area (Å²) in [6.07, 6.45) is -0.967. The molecule has 0 heterocycles. The second-order valence-corrected chi connectivity index (χ2v) is 7.61. The fourth-order valence-electron chi connectivity index (χ4n) is 1.83. The van der Waals surface area contributed by atoms with Crippen molar-refractivity contribution in [1.29, 1.82) is 0 Å².